The molecule has 0 spiro atoms. The number of aromatic nitrogens is 1. The highest BCUT2D eigenvalue weighted by molar-refractivity contribution is 5.88. The van der Waals surface area contributed by atoms with Crippen LogP contribution >= 0.6 is 0 Å². The fourth-order valence-corrected chi connectivity index (χ4v) is 3.76. The lowest BCUT2D eigenvalue weighted by Crippen LogP contribution is -2.44. The Morgan fingerprint density at radius 2 is 1.89 bits per heavy atom. The number of para-hydroxylation sites is 1. The van der Waals surface area contributed by atoms with Crippen LogP contribution in [0.25, 0.3) is 10.9 Å². The molecule has 6 heteroatoms. The lowest BCUT2D eigenvalue weighted by Gasteiger charge is -2.35. The molecule has 0 saturated carbocycles. The van der Waals surface area contributed by atoms with Crippen molar-refractivity contribution in [3.05, 3.63) is 71.7 Å². The quantitative estimate of drug-likeness (QED) is 0.690. The fraction of sp³-hybridized carbons (Fsp3) is 0.318. The Labute approximate surface area is 163 Å². The number of carbonyl (C=O) groups is 1. The van der Waals surface area contributed by atoms with Crippen LogP contribution in [0.2, 0.25) is 0 Å². The monoisotopic (exact) mass is 381 g/mol. The first-order valence-corrected chi connectivity index (χ1v) is 9.59. The van der Waals surface area contributed by atoms with Crippen LogP contribution in [0, 0.1) is 5.82 Å². The van der Waals surface area contributed by atoms with Crippen molar-refractivity contribution in [3.8, 4) is 0 Å². The number of halogens is 1. The third-order valence-electron chi connectivity index (χ3n) is 5.26. The van der Waals surface area contributed by atoms with E-state index in [0.717, 1.165) is 35.1 Å². The van der Waals surface area contributed by atoms with Gasteiger partial charge in [-0.05, 0) is 29.3 Å². The van der Waals surface area contributed by atoms with Crippen LogP contribution in [-0.4, -0.2) is 48.6 Å². The highest BCUT2D eigenvalue weighted by atomic mass is 19.1. The van der Waals surface area contributed by atoms with Gasteiger partial charge < -0.3 is 15.0 Å². The second kappa shape index (κ2) is 8.54. The fourth-order valence-electron chi connectivity index (χ4n) is 3.76. The Morgan fingerprint density at radius 1 is 1.14 bits per heavy atom. The van der Waals surface area contributed by atoms with E-state index in [0.29, 0.717) is 26.2 Å². The Balaban J connectivity index is 1.44. The number of hydrogen-bond donors (Lipinski definition) is 2. The molecule has 1 aromatic heterocycles. The number of ether oxygens (including phenoxy) is 1. The molecule has 0 bridgehead atoms. The summed E-state index contributed by atoms with van der Waals surface area (Å²) in [5.41, 5.74) is 3.01. The normalized spacial score (nSPS) is 16.2. The average molecular weight is 381 g/mol. The van der Waals surface area contributed by atoms with Gasteiger partial charge in [-0.3, -0.25) is 9.69 Å². The number of hydrogen-bond acceptors (Lipinski definition) is 3. The molecule has 2 heterocycles. The predicted molar refractivity (Wildman–Crippen MR) is 107 cm³/mol. The van der Waals surface area contributed by atoms with Gasteiger partial charge in [-0.1, -0.05) is 30.3 Å². The first-order valence-electron chi connectivity index (χ1n) is 9.59. The molecule has 2 N–H and O–H groups in total. The first kappa shape index (κ1) is 18.7. The number of amides is 1. The molecule has 4 rings (SSSR count). The van der Waals surface area contributed by atoms with Crippen molar-refractivity contribution in [2.75, 3.05) is 32.8 Å². The highest BCUT2D eigenvalue weighted by Gasteiger charge is 2.23. The smallest absolute Gasteiger partial charge is 0.224 e. The Kier molecular flexibility index (Phi) is 5.69. The van der Waals surface area contributed by atoms with Gasteiger partial charge in [0.1, 0.15) is 5.82 Å². The number of morpholine rings is 1. The standard InChI is InChI=1S/C22H24FN3O2/c23-18-7-5-16(6-8-18)21(26-9-11-28-12-10-26)15-25-22(27)13-17-14-24-20-4-2-1-3-19(17)20/h1-8,14,21,24H,9-13,15H2,(H,25,27)/t21-/m1/s1. The van der Waals surface area contributed by atoms with Crippen LogP contribution in [-0.2, 0) is 16.0 Å². The number of fused-ring (bicyclic) bond motifs is 1. The third kappa shape index (κ3) is 4.24. The minimum Gasteiger partial charge on any atom is -0.379 e. The van der Waals surface area contributed by atoms with E-state index >= 15 is 0 Å². The van der Waals surface area contributed by atoms with E-state index in [1.807, 2.05) is 30.5 Å². The molecule has 146 valence electrons. The van der Waals surface area contributed by atoms with Gasteiger partial charge in [-0.25, -0.2) is 4.39 Å². The van der Waals surface area contributed by atoms with Gasteiger partial charge in [-0.15, -0.1) is 0 Å². The molecule has 2 aromatic carbocycles. The number of nitrogens with zero attached hydrogens (tertiary/aromatic N) is 1. The maximum atomic E-state index is 13.3. The summed E-state index contributed by atoms with van der Waals surface area (Å²) < 4.78 is 18.8. The van der Waals surface area contributed by atoms with Crippen LogP contribution < -0.4 is 5.32 Å². The number of nitrogens with one attached hydrogen (secondary N) is 2. The summed E-state index contributed by atoms with van der Waals surface area (Å²) in [5.74, 6) is -0.280. The van der Waals surface area contributed by atoms with Crippen LogP contribution in [0.15, 0.2) is 54.7 Å². The highest BCUT2D eigenvalue weighted by Crippen LogP contribution is 2.22. The molecule has 1 atom stereocenters. The summed E-state index contributed by atoms with van der Waals surface area (Å²) in [5, 5.41) is 4.14. The van der Waals surface area contributed by atoms with Gasteiger partial charge in [0.25, 0.3) is 0 Å². The second-order valence-electron chi connectivity index (χ2n) is 7.06. The van der Waals surface area contributed by atoms with Crippen molar-refractivity contribution in [2.45, 2.75) is 12.5 Å². The molecule has 0 radical (unpaired) electrons. The zero-order valence-electron chi connectivity index (χ0n) is 15.7. The van der Waals surface area contributed by atoms with Gasteiger partial charge in [0.2, 0.25) is 5.91 Å². The Hall–Kier alpha value is -2.70. The van der Waals surface area contributed by atoms with Gasteiger partial charge in [0.05, 0.1) is 25.7 Å². The summed E-state index contributed by atoms with van der Waals surface area (Å²) in [7, 11) is 0. The van der Waals surface area contributed by atoms with E-state index in [2.05, 4.69) is 15.2 Å². The summed E-state index contributed by atoms with van der Waals surface area (Å²) in [6.45, 7) is 3.40. The van der Waals surface area contributed by atoms with Crippen molar-refractivity contribution >= 4 is 16.8 Å². The van der Waals surface area contributed by atoms with Crippen LogP contribution in [0.3, 0.4) is 0 Å². The summed E-state index contributed by atoms with van der Waals surface area (Å²) in [4.78, 5) is 18.1. The molecule has 0 unspecified atom stereocenters. The second-order valence-corrected chi connectivity index (χ2v) is 7.06. The number of H-pyrrole nitrogens is 1. The molecule has 1 aliphatic heterocycles. The number of rotatable bonds is 6. The van der Waals surface area contributed by atoms with Gasteiger partial charge in [0, 0.05) is 36.7 Å². The van der Waals surface area contributed by atoms with Gasteiger partial charge >= 0.3 is 0 Å². The lowest BCUT2D eigenvalue weighted by atomic mass is 10.0. The van der Waals surface area contributed by atoms with Crippen molar-refractivity contribution in [2.24, 2.45) is 0 Å². The van der Waals surface area contributed by atoms with Crippen LogP contribution in [0.4, 0.5) is 4.39 Å². The van der Waals surface area contributed by atoms with Crippen molar-refractivity contribution in [1.29, 1.82) is 0 Å². The first-order chi connectivity index (χ1) is 13.7. The molecule has 0 aliphatic carbocycles. The molecule has 1 amide bonds. The maximum absolute atomic E-state index is 13.3. The molecule has 3 aromatic rings. The Morgan fingerprint density at radius 3 is 2.68 bits per heavy atom. The number of aromatic amines is 1. The maximum Gasteiger partial charge on any atom is 0.224 e. The van der Waals surface area contributed by atoms with Gasteiger partial charge in [0.15, 0.2) is 0 Å². The lowest BCUT2D eigenvalue weighted by molar-refractivity contribution is -0.120. The molecule has 1 saturated heterocycles. The van der Waals surface area contributed by atoms with E-state index < -0.39 is 0 Å². The SMILES string of the molecule is O=C(Cc1c[nH]c2ccccc12)NC[C@H](c1ccc(F)cc1)N1CCOCC1. The summed E-state index contributed by atoms with van der Waals surface area (Å²) in [6.07, 6.45) is 2.22. The van der Waals surface area contributed by atoms with Crippen molar-refractivity contribution < 1.29 is 13.9 Å². The molecule has 1 aliphatic rings. The minimum absolute atomic E-state index is 0.00332. The van der Waals surface area contributed by atoms with E-state index in [1.54, 1.807) is 12.1 Å². The van der Waals surface area contributed by atoms with E-state index in [4.69, 9.17) is 4.74 Å². The van der Waals surface area contributed by atoms with E-state index in [-0.39, 0.29) is 17.8 Å². The van der Waals surface area contributed by atoms with E-state index in [1.165, 1.54) is 12.1 Å². The largest absolute Gasteiger partial charge is 0.379 e. The van der Waals surface area contributed by atoms with Crippen LogP contribution in [0.1, 0.15) is 17.2 Å². The van der Waals surface area contributed by atoms with Crippen molar-refractivity contribution in [1.82, 2.24) is 15.2 Å². The predicted octanol–water partition coefficient (Wildman–Crippen LogP) is 3.04. The third-order valence-corrected chi connectivity index (χ3v) is 5.26. The van der Waals surface area contributed by atoms with E-state index in [9.17, 15) is 9.18 Å². The topological polar surface area (TPSA) is 57.4 Å². The molecule has 28 heavy (non-hydrogen) atoms. The summed E-state index contributed by atoms with van der Waals surface area (Å²) >= 11 is 0. The Bertz CT molecular complexity index is 932. The zero-order chi connectivity index (χ0) is 19.3. The molecular weight excluding hydrogens is 357 g/mol. The molecule has 5 nitrogen and oxygen atoms in total. The summed E-state index contributed by atoms with van der Waals surface area (Å²) in [6, 6.07) is 14.5. The van der Waals surface area contributed by atoms with Crippen molar-refractivity contribution in [3.63, 3.8) is 0 Å². The number of carbonyl (C=O) groups excluding carboxylic acids is 1. The molecule has 1 fully saturated rings. The van der Waals surface area contributed by atoms with Gasteiger partial charge in [-0.2, -0.15) is 0 Å². The van der Waals surface area contributed by atoms with Crippen LogP contribution in [0.5, 0.6) is 0 Å². The molecular formula is C22H24FN3O2. The average Bonchev–Trinajstić information content (AvgIpc) is 3.13. The number of benzene rings is 2. The zero-order valence-corrected chi connectivity index (χ0v) is 15.7. The minimum atomic E-state index is -0.257.